The highest BCUT2D eigenvalue weighted by Gasteiger charge is 2.51. The third-order valence-electron chi connectivity index (χ3n) is 5.95. The maximum atomic E-state index is 13.0. The number of anilines is 1. The molecule has 7 heteroatoms. The SMILES string of the molecule is Cc1nn(Cc2ccccc2Cl)c(C)c1NC(=O)[C@H]1[C@H](C(=O)O)[C@H]2C=C[C@H]1C2. The van der Waals surface area contributed by atoms with E-state index < -0.39 is 17.8 Å². The molecule has 1 aromatic heterocycles. The van der Waals surface area contributed by atoms with E-state index in [1.54, 1.807) is 0 Å². The van der Waals surface area contributed by atoms with Crippen LogP contribution < -0.4 is 5.32 Å². The molecule has 4 rings (SSSR count). The van der Waals surface area contributed by atoms with Crippen molar-refractivity contribution in [2.45, 2.75) is 26.8 Å². The number of halogens is 1. The summed E-state index contributed by atoms with van der Waals surface area (Å²) in [7, 11) is 0. The summed E-state index contributed by atoms with van der Waals surface area (Å²) in [5.74, 6) is -2.41. The molecule has 2 aliphatic carbocycles. The van der Waals surface area contributed by atoms with Crippen LogP contribution in [0.15, 0.2) is 36.4 Å². The molecule has 1 amide bonds. The molecule has 4 atom stereocenters. The van der Waals surface area contributed by atoms with E-state index in [0.717, 1.165) is 17.7 Å². The van der Waals surface area contributed by atoms with Crippen LogP contribution in [0.5, 0.6) is 0 Å². The van der Waals surface area contributed by atoms with Gasteiger partial charge in [0.25, 0.3) is 0 Å². The molecule has 6 nitrogen and oxygen atoms in total. The van der Waals surface area contributed by atoms with Crippen LogP contribution in [0.2, 0.25) is 5.02 Å². The van der Waals surface area contributed by atoms with Crippen molar-refractivity contribution in [1.29, 1.82) is 0 Å². The highest BCUT2D eigenvalue weighted by Crippen LogP contribution is 2.48. The Balaban J connectivity index is 1.56. The topological polar surface area (TPSA) is 84.2 Å². The Bertz CT molecular complexity index is 981. The first kappa shape index (κ1) is 18.7. The zero-order valence-corrected chi connectivity index (χ0v) is 16.5. The van der Waals surface area contributed by atoms with E-state index in [0.29, 0.717) is 22.9 Å². The predicted octanol–water partition coefficient (Wildman–Crippen LogP) is 3.66. The molecular formula is C21H22ClN3O3. The summed E-state index contributed by atoms with van der Waals surface area (Å²) >= 11 is 6.25. The minimum absolute atomic E-state index is 0.00937. The molecule has 0 saturated heterocycles. The van der Waals surface area contributed by atoms with Gasteiger partial charge in [0, 0.05) is 5.02 Å². The van der Waals surface area contributed by atoms with Crippen molar-refractivity contribution in [1.82, 2.24) is 9.78 Å². The smallest absolute Gasteiger partial charge is 0.307 e. The molecule has 28 heavy (non-hydrogen) atoms. The number of nitrogens with zero attached hydrogens (tertiary/aromatic N) is 2. The van der Waals surface area contributed by atoms with Gasteiger partial charge in [-0.15, -0.1) is 0 Å². The van der Waals surface area contributed by atoms with Crippen molar-refractivity contribution in [3.8, 4) is 0 Å². The molecule has 2 bridgehead atoms. The second kappa shape index (κ2) is 7.09. The van der Waals surface area contributed by atoms with Gasteiger partial charge in [0.1, 0.15) is 0 Å². The molecule has 0 radical (unpaired) electrons. The van der Waals surface area contributed by atoms with Crippen molar-refractivity contribution in [2.75, 3.05) is 5.32 Å². The number of hydrogen-bond donors (Lipinski definition) is 2. The van der Waals surface area contributed by atoms with Gasteiger partial charge < -0.3 is 10.4 Å². The fourth-order valence-corrected chi connectivity index (χ4v) is 4.74. The first-order valence-electron chi connectivity index (χ1n) is 9.36. The van der Waals surface area contributed by atoms with Crippen LogP contribution in [0.3, 0.4) is 0 Å². The standard InChI is InChI=1S/C21H22ClN3O3/c1-11-19(12(2)25(24-11)10-15-5-3-4-6-16(15)22)23-20(26)17-13-7-8-14(9-13)18(17)21(27)28/h3-8,13-14,17-18H,9-10H2,1-2H3,(H,23,26)(H,27,28)/t13-,14-,17+,18+/m0/s1. The van der Waals surface area contributed by atoms with Crippen LogP contribution in [0, 0.1) is 37.5 Å². The van der Waals surface area contributed by atoms with E-state index >= 15 is 0 Å². The number of benzene rings is 1. The van der Waals surface area contributed by atoms with Crippen LogP contribution in [0.4, 0.5) is 5.69 Å². The number of carbonyl (C=O) groups is 2. The number of nitrogens with one attached hydrogen (secondary N) is 1. The number of allylic oxidation sites excluding steroid dienone is 2. The summed E-state index contributed by atoms with van der Waals surface area (Å²) in [5.41, 5.74) is 3.10. The maximum absolute atomic E-state index is 13.0. The Kier molecular flexibility index (Phi) is 4.75. The van der Waals surface area contributed by atoms with Gasteiger partial charge in [0.15, 0.2) is 0 Å². The molecule has 0 aliphatic heterocycles. The molecule has 2 aliphatic rings. The van der Waals surface area contributed by atoms with E-state index in [1.165, 1.54) is 0 Å². The van der Waals surface area contributed by atoms with Gasteiger partial charge in [-0.3, -0.25) is 14.3 Å². The lowest BCUT2D eigenvalue weighted by Gasteiger charge is -2.23. The highest BCUT2D eigenvalue weighted by atomic mass is 35.5. The first-order valence-corrected chi connectivity index (χ1v) is 9.74. The van der Waals surface area contributed by atoms with Gasteiger partial charge >= 0.3 is 5.97 Å². The fraction of sp³-hybridized carbons (Fsp3) is 0.381. The number of rotatable bonds is 5. The zero-order chi connectivity index (χ0) is 20.0. The normalized spacial score (nSPS) is 25.2. The summed E-state index contributed by atoms with van der Waals surface area (Å²) in [5, 5.41) is 17.7. The first-order chi connectivity index (χ1) is 13.4. The molecule has 2 aromatic rings. The molecule has 146 valence electrons. The second-order valence-electron chi connectivity index (χ2n) is 7.62. The monoisotopic (exact) mass is 399 g/mol. The van der Waals surface area contributed by atoms with Gasteiger partial charge in [-0.2, -0.15) is 5.10 Å². The number of carboxylic acids is 1. The van der Waals surface area contributed by atoms with Crippen molar-refractivity contribution in [3.63, 3.8) is 0 Å². The van der Waals surface area contributed by atoms with Crippen molar-refractivity contribution in [3.05, 3.63) is 58.4 Å². The van der Waals surface area contributed by atoms with Gasteiger partial charge in [-0.1, -0.05) is 42.0 Å². The summed E-state index contributed by atoms with van der Waals surface area (Å²) in [6.07, 6.45) is 4.65. The van der Waals surface area contributed by atoms with Crippen LogP contribution in [-0.4, -0.2) is 26.8 Å². The van der Waals surface area contributed by atoms with Gasteiger partial charge in [0.2, 0.25) is 5.91 Å². The van der Waals surface area contributed by atoms with E-state index in [2.05, 4.69) is 10.4 Å². The number of aromatic nitrogens is 2. The number of carbonyl (C=O) groups excluding carboxylic acids is 1. The van der Waals surface area contributed by atoms with E-state index in [4.69, 9.17) is 11.6 Å². The minimum Gasteiger partial charge on any atom is -0.481 e. The molecular weight excluding hydrogens is 378 g/mol. The number of aryl methyl sites for hydroxylation is 1. The van der Waals surface area contributed by atoms with E-state index in [-0.39, 0.29) is 17.7 Å². The molecule has 0 spiro atoms. The fourth-order valence-electron chi connectivity index (χ4n) is 4.54. The Hall–Kier alpha value is -2.60. The third kappa shape index (κ3) is 3.11. The quantitative estimate of drug-likeness (QED) is 0.751. The molecule has 1 aromatic carbocycles. The van der Waals surface area contributed by atoms with Gasteiger partial charge in [-0.25, -0.2) is 0 Å². The lowest BCUT2D eigenvalue weighted by atomic mass is 9.82. The number of amides is 1. The zero-order valence-electron chi connectivity index (χ0n) is 15.7. The largest absolute Gasteiger partial charge is 0.481 e. The Morgan fingerprint density at radius 2 is 1.89 bits per heavy atom. The summed E-state index contributed by atoms with van der Waals surface area (Å²) < 4.78 is 1.81. The van der Waals surface area contributed by atoms with Crippen LogP contribution in [-0.2, 0) is 16.1 Å². The minimum atomic E-state index is -0.903. The Labute approximate surface area is 168 Å². The van der Waals surface area contributed by atoms with Gasteiger partial charge in [-0.05, 0) is 43.7 Å². The van der Waals surface area contributed by atoms with E-state index in [9.17, 15) is 14.7 Å². The molecule has 0 unspecified atom stereocenters. The van der Waals surface area contributed by atoms with Gasteiger partial charge in [0.05, 0.1) is 35.5 Å². The number of hydrogen-bond acceptors (Lipinski definition) is 3. The summed E-state index contributed by atoms with van der Waals surface area (Å²) in [4.78, 5) is 24.7. The third-order valence-corrected chi connectivity index (χ3v) is 6.32. The van der Waals surface area contributed by atoms with Crippen molar-refractivity contribution in [2.24, 2.45) is 23.7 Å². The Morgan fingerprint density at radius 1 is 1.21 bits per heavy atom. The average Bonchev–Trinajstić information content (AvgIpc) is 3.33. The summed E-state index contributed by atoms with van der Waals surface area (Å²) in [6.45, 7) is 4.22. The molecule has 1 heterocycles. The predicted molar refractivity (Wildman–Crippen MR) is 106 cm³/mol. The molecule has 1 saturated carbocycles. The molecule has 1 fully saturated rings. The lowest BCUT2D eigenvalue weighted by Crippen LogP contribution is -2.36. The number of fused-ring (bicyclic) bond motifs is 2. The van der Waals surface area contributed by atoms with Crippen molar-refractivity contribution >= 4 is 29.2 Å². The average molecular weight is 400 g/mol. The van der Waals surface area contributed by atoms with E-state index in [1.807, 2.05) is 54.9 Å². The van der Waals surface area contributed by atoms with Crippen LogP contribution in [0.25, 0.3) is 0 Å². The number of carboxylic acid groups (broad SMARTS) is 1. The van der Waals surface area contributed by atoms with Crippen molar-refractivity contribution < 1.29 is 14.7 Å². The second-order valence-corrected chi connectivity index (χ2v) is 8.03. The molecule has 2 N–H and O–H groups in total. The maximum Gasteiger partial charge on any atom is 0.307 e. The summed E-state index contributed by atoms with van der Waals surface area (Å²) in [6, 6.07) is 7.57. The highest BCUT2D eigenvalue weighted by molar-refractivity contribution is 6.31. The van der Waals surface area contributed by atoms with Crippen LogP contribution >= 0.6 is 11.6 Å². The lowest BCUT2D eigenvalue weighted by molar-refractivity contribution is -0.146. The number of aliphatic carboxylic acids is 1. The Morgan fingerprint density at radius 3 is 2.57 bits per heavy atom. The van der Waals surface area contributed by atoms with Crippen LogP contribution in [0.1, 0.15) is 23.4 Å².